The number of nitrogens with zero attached hydrogens (tertiary/aromatic N) is 4. The third-order valence-electron chi connectivity index (χ3n) is 7.55. The lowest BCUT2D eigenvalue weighted by Crippen LogP contribution is -2.36. The summed E-state index contributed by atoms with van der Waals surface area (Å²) in [6.45, 7) is 6.68. The molecule has 0 saturated carbocycles. The number of morpholine rings is 1. The first-order chi connectivity index (χ1) is 20.4. The van der Waals surface area contributed by atoms with E-state index in [1.807, 2.05) is 19.3 Å². The summed E-state index contributed by atoms with van der Waals surface area (Å²) in [5.41, 5.74) is 5.80. The molecule has 1 atom stereocenters. The molecule has 0 bridgehead atoms. The molecule has 6 rings (SSSR count). The number of hydrogen-bond acceptors (Lipinski definition) is 9. The Morgan fingerprint density at radius 3 is 2.67 bits per heavy atom. The molecule has 4 heterocycles. The van der Waals surface area contributed by atoms with Crippen molar-refractivity contribution in [3.8, 4) is 11.3 Å². The molecule has 8 nitrogen and oxygen atoms in total. The summed E-state index contributed by atoms with van der Waals surface area (Å²) in [6.07, 6.45) is 4.76. The zero-order valence-corrected chi connectivity index (χ0v) is 25.9. The van der Waals surface area contributed by atoms with Gasteiger partial charge in [-0.1, -0.05) is 35.7 Å². The third-order valence-corrected chi connectivity index (χ3v) is 10.1. The van der Waals surface area contributed by atoms with Crippen LogP contribution in [0.15, 0.2) is 85.3 Å². The maximum absolute atomic E-state index is 12.7. The summed E-state index contributed by atoms with van der Waals surface area (Å²) in [4.78, 5) is 34.2. The van der Waals surface area contributed by atoms with Crippen molar-refractivity contribution < 1.29 is 4.74 Å². The number of benzene rings is 2. The fourth-order valence-corrected chi connectivity index (χ4v) is 7.64. The number of hydrogen-bond donors (Lipinski definition) is 2. The normalized spacial score (nSPS) is 15.3. The zero-order chi connectivity index (χ0) is 29.1. The number of rotatable bonds is 9. The van der Waals surface area contributed by atoms with Crippen molar-refractivity contribution in [1.82, 2.24) is 19.9 Å². The van der Waals surface area contributed by atoms with Gasteiger partial charge in [0, 0.05) is 80.5 Å². The van der Waals surface area contributed by atoms with E-state index >= 15 is 0 Å². The van der Waals surface area contributed by atoms with Crippen LogP contribution in [0.5, 0.6) is 0 Å². The van der Waals surface area contributed by atoms with E-state index in [-0.39, 0.29) is 11.5 Å². The number of H-pyrrole nitrogens is 1. The van der Waals surface area contributed by atoms with Crippen LogP contribution in [0.25, 0.3) is 11.3 Å². The molecule has 1 unspecified atom stereocenters. The SMILES string of the molecule is Cc1cnc(C(CCN(C)C)CNc2ccc3c(c2)Sc2cccc(-c4cc(N5CCOCC5)cc(=O)[nH]4)c2S3)cn1. The fraction of sp³-hybridized carbons (Fsp3) is 0.344. The van der Waals surface area contributed by atoms with Crippen LogP contribution in [0.2, 0.25) is 0 Å². The lowest BCUT2D eigenvalue weighted by molar-refractivity contribution is 0.122. The van der Waals surface area contributed by atoms with Crippen molar-refractivity contribution in [1.29, 1.82) is 0 Å². The van der Waals surface area contributed by atoms with Gasteiger partial charge >= 0.3 is 0 Å². The average molecular weight is 601 g/mol. The summed E-state index contributed by atoms with van der Waals surface area (Å²) in [6, 6.07) is 16.7. The highest BCUT2D eigenvalue weighted by molar-refractivity contribution is 8.05. The molecule has 2 aromatic heterocycles. The lowest BCUT2D eigenvalue weighted by atomic mass is 10.0. The predicted molar refractivity (Wildman–Crippen MR) is 171 cm³/mol. The maximum Gasteiger partial charge on any atom is 0.250 e. The molecule has 10 heteroatoms. The summed E-state index contributed by atoms with van der Waals surface area (Å²) in [5, 5.41) is 3.67. The van der Waals surface area contributed by atoms with Gasteiger partial charge in [-0.2, -0.15) is 0 Å². The maximum atomic E-state index is 12.7. The summed E-state index contributed by atoms with van der Waals surface area (Å²) >= 11 is 3.55. The number of aryl methyl sites for hydroxylation is 1. The van der Waals surface area contributed by atoms with Gasteiger partial charge in [-0.25, -0.2) is 0 Å². The highest BCUT2D eigenvalue weighted by Gasteiger charge is 2.23. The van der Waals surface area contributed by atoms with Gasteiger partial charge in [0.2, 0.25) is 5.56 Å². The predicted octanol–water partition coefficient (Wildman–Crippen LogP) is 5.74. The van der Waals surface area contributed by atoms with Gasteiger partial charge in [0.25, 0.3) is 0 Å². The summed E-state index contributed by atoms with van der Waals surface area (Å²) in [5.74, 6) is 0.261. The Hall–Kier alpha value is -3.31. The topological polar surface area (TPSA) is 86.4 Å². The molecule has 0 radical (unpaired) electrons. The van der Waals surface area contributed by atoms with E-state index in [9.17, 15) is 4.79 Å². The monoisotopic (exact) mass is 600 g/mol. The van der Waals surface area contributed by atoms with Gasteiger partial charge < -0.3 is 24.8 Å². The molecule has 2 aliphatic heterocycles. The Balaban J connectivity index is 1.21. The Morgan fingerprint density at radius 2 is 1.88 bits per heavy atom. The van der Waals surface area contributed by atoms with Crippen LogP contribution >= 0.6 is 23.5 Å². The molecule has 0 spiro atoms. The summed E-state index contributed by atoms with van der Waals surface area (Å²) in [7, 11) is 4.21. The standard InChI is InChI=1S/C32H36N6O2S2/c1-21-18-35-27(20-33-21)22(9-10-37(2)3)19-34-23-7-8-28-30(15-23)41-29-6-4-5-25(32(29)42-28)26-16-24(17-31(39)36-26)38-11-13-40-14-12-38/h4-8,15-18,20,22,34H,9-14,19H2,1-3H3,(H,36,39). The van der Waals surface area contributed by atoms with Gasteiger partial charge in [0.15, 0.2) is 0 Å². The van der Waals surface area contributed by atoms with Crippen LogP contribution in [0.3, 0.4) is 0 Å². The van der Waals surface area contributed by atoms with Crippen molar-refractivity contribution in [2.45, 2.75) is 38.8 Å². The number of aromatic amines is 1. The first-order valence-electron chi connectivity index (χ1n) is 14.3. The molecule has 42 heavy (non-hydrogen) atoms. The van der Waals surface area contributed by atoms with Crippen LogP contribution in [0, 0.1) is 6.92 Å². The molecular formula is C32H36N6O2S2. The first kappa shape index (κ1) is 28.8. The minimum Gasteiger partial charge on any atom is -0.384 e. The smallest absolute Gasteiger partial charge is 0.250 e. The van der Waals surface area contributed by atoms with Crippen LogP contribution in [-0.2, 0) is 4.74 Å². The molecule has 0 aliphatic carbocycles. The molecule has 0 amide bonds. The van der Waals surface area contributed by atoms with E-state index in [1.54, 1.807) is 29.6 Å². The van der Waals surface area contributed by atoms with Crippen molar-refractivity contribution in [3.05, 3.63) is 82.7 Å². The van der Waals surface area contributed by atoms with Crippen molar-refractivity contribution in [2.24, 2.45) is 0 Å². The van der Waals surface area contributed by atoms with E-state index in [0.717, 1.165) is 66.6 Å². The molecule has 218 valence electrons. The number of pyridine rings is 1. The van der Waals surface area contributed by atoms with E-state index in [1.165, 1.54) is 19.6 Å². The molecule has 4 aromatic rings. The first-order valence-corrected chi connectivity index (χ1v) is 15.9. The zero-order valence-electron chi connectivity index (χ0n) is 24.2. The second-order valence-electron chi connectivity index (χ2n) is 11.0. The van der Waals surface area contributed by atoms with E-state index in [0.29, 0.717) is 13.2 Å². The minimum atomic E-state index is -0.0864. The number of ether oxygens (including phenoxy) is 1. The van der Waals surface area contributed by atoms with Gasteiger partial charge in [-0.3, -0.25) is 14.8 Å². The van der Waals surface area contributed by atoms with Crippen LogP contribution in [0.4, 0.5) is 11.4 Å². The lowest BCUT2D eigenvalue weighted by Gasteiger charge is -2.29. The van der Waals surface area contributed by atoms with E-state index in [2.05, 4.69) is 86.6 Å². The molecule has 1 saturated heterocycles. The molecule has 2 N–H and O–H groups in total. The quantitative estimate of drug-likeness (QED) is 0.220. The number of anilines is 2. The van der Waals surface area contributed by atoms with Crippen molar-refractivity contribution >= 4 is 34.9 Å². The van der Waals surface area contributed by atoms with Gasteiger partial charge in [0.1, 0.15) is 0 Å². The Morgan fingerprint density at radius 1 is 1.02 bits per heavy atom. The highest BCUT2D eigenvalue weighted by atomic mass is 32.2. The molecule has 2 aliphatic rings. The Labute approximate surface area is 255 Å². The second-order valence-corrected chi connectivity index (χ2v) is 13.1. The number of aromatic nitrogens is 3. The van der Waals surface area contributed by atoms with Crippen LogP contribution in [-0.4, -0.2) is 73.3 Å². The molecular weight excluding hydrogens is 565 g/mol. The number of nitrogens with one attached hydrogen (secondary N) is 2. The van der Waals surface area contributed by atoms with Gasteiger partial charge in [-0.05, 0) is 64.3 Å². The van der Waals surface area contributed by atoms with Crippen molar-refractivity contribution in [2.75, 3.05) is 63.7 Å². The molecule has 2 aromatic carbocycles. The summed E-state index contributed by atoms with van der Waals surface area (Å²) < 4.78 is 5.51. The highest BCUT2D eigenvalue weighted by Crippen LogP contribution is 2.52. The van der Waals surface area contributed by atoms with Gasteiger partial charge in [0.05, 0.1) is 30.3 Å². The van der Waals surface area contributed by atoms with Gasteiger partial charge in [-0.15, -0.1) is 0 Å². The second kappa shape index (κ2) is 12.9. The third kappa shape index (κ3) is 6.67. The van der Waals surface area contributed by atoms with Crippen LogP contribution < -0.4 is 15.8 Å². The Kier molecular flexibility index (Phi) is 8.85. The van der Waals surface area contributed by atoms with Crippen LogP contribution in [0.1, 0.15) is 23.7 Å². The Bertz CT molecular complexity index is 1600. The largest absolute Gasteiger partial charge is 0.384 e. The average Bonchev–Trinajstić information content (AvgIpc) is 3.00. The van der Waals surface area contributed by atoms with Crippen molar-refractivity contribution in [3.63, 3.8) is 0 Å². The number of fused-ring (bicyclic) bond motifs is 2. The fourth-order valence-electron chi connectivity index (χ4n) is 5.23. The van der Waals surface area contributed by atoms with E-state index < -0.39 is 0 Å². The molecule has 1 fully saturated rings. The minimum absolute atomic E-state index is 0.0864. The van der Waals surface area contributed by atoms with E-state index in [4.69, 9.17) is 4.74 Å².